The molecular formula is C12H27N3O. The first-order valence-electron chi connectivity index (χ1n) is 6.23. The Balaban J connectivity index is 3.35. The molecule has 0 atom stereocenters. The summed E-state index contributed by atoms with van der Waals surface area (Å²) in [5.41, 5.74) is 0. The quantitative estimate of drug-likeness (QED) is 0.378. The highest BCUT2D eigenvalue weighted by molar-refractivity contribution is 5.79. The van der Waals surface area contributed by atoms with Gasteiger partial charge in [0.2, 0.25) is 0 Å². The Bertz CT molecular complexity index is 181. The van der Waals surface area contributed by atoms with Crippen molar-refractivity contribution < 1.29 is 4.74 Å². The maximum absolute atomic E-state index is 5.50. The topological polar surface area (TPSA) is 45.7 Å². The fraction of sp³-hybridized carbons (Fsp3) is 0.917. The first-order valence-corrected chi connectivity index (χ1v) is 6.23. The van der Waals surface area contributed by atoms with E-state index in [1.54, 1.807) is 7.05 Å². The van der Waals surface area contributed by atoms with Crippen molar-refractivity contribution in [3.8, 4) is 0 Å². The molecule has 0 aliphatic carbocycles. The average molecular weight is 229 g/mol. The van der Waals surface area contributed by atoms with Crippen LogP contribution in [0.4, 0.5) is 0 Å². The lowest BCUT2D eigenvalue weighted by Crippen LogP contribution is -2.39. The minimum absolute atomic E-state index is 0.715. The Labute approximate surface area is 99.9 Å². The normalized spacial score (nSPS) is 11.9. The van der Waals surface area contributed by atoms with Crippen LogP contribution < -0.4 is 10.6 Å². The van der Waals surface area contributed by atoms with Crippen molar-refractivity contribution in [1.82, 2.24) is 10.6 Å². The Kier molecular flexibility index (Phi) is 10.2. The Morgan fingerprint density at radius 3 is 2.44 bits per heavy atom. The van der Waals surface area contributed by atoms with E-state index in [2.05, 4.69) is 36.4 Å². The second kappa shape index (κ2) is 10.7. The van der Waals surface area contributed by atoms with Crippen LogP contribution in [0, 0.1) is 5.92 Å². The highest BCUT2D eigenvalue weighted by Gasteiger charge is 1.96. The van der Waals surface area contributed by atoms with Crippen molar-refractivity contribution in [1.29, 1.82) is 0 Å². The molecular weight excluding hydrogens is 202 g/mol. The third kappa shape index (κ3) is 9.77. The van der Waals surface area contributed by atoms with Crippen LogP contribution >= 0.6 is 0 Å². The van der Waals surface area contributed by atoms with Crippen molar-refractivity contribution in [2.24, 2.45) is 10.9 Å². The second-order valence-electron chi connectivity index (χ2n) is 4.22. The SMILES string of the molecule is CCCNC(=NC)NCCOCCC(C)C. The Hall–Kier alpha value is -0.770. The average Bonchev–Trinajstić information content (AvgIpc) is 2.26. The van der Waals surface area contributed by atoms with E-state index in [4.69, 9.17) is 4.74 Å². The summed E-state index contributed by atoms with van der Waals surface area (Å²) in [6, 6.07) is 0. The van der Waals surface area contributed by atoms with Crippen LogP contribution in [0.25, 0.3) is 0 Å². The van der Waals surface area contributed by atoms with Gasteiger partial charge in [0, 0.05) is 26.7 Å². The molecule has 0 fully saturated rings. The molecule has 0 amide bonds. The van der Waals surface area contributed by atoms with Gasteiger partial charge in [0.25, 0.3) is 0 Å². The van der Waals surface area contributed by atoms with Gasteiger partial charge in [-0.3, -0.25) is 4.99 Å². The summed E-state index contributed by atoms with van der Waals surface area (Å²) < 4.78 is 5.50. The van der Waals surface area contributed by atoms with Gasteiger partial charge in [-0.15, -0.1) is 0 Å². The molecule has 0 spiro atoms. The molecule has 0 bridgehead atoms. The van der Waals surface area contributed by atoms with E-state index in [1.807, 2.05) is 0 Å². The summed E-state index contributed by atoms with van der Waals surface area (Å²) in [6.45, 7) is 9.89. The van der Waals surface area contributed by atoms with Gasteiger partial charge in [0.05, 0.1) is 6.61 Å². The van der Waals surface area contributed by atoms with Crippen LogP contribution in [0.5, 0.6) is 0 Å². The number of hydrogen-bond acceptors (Lipinski definition) is 2. The van der Waals surface area contributed by atoms with Crippen LogP contribution in [-0.4, -0.2) is 39.3 Å². The third-order valence-electron chi connectivity index (χ3n) is 2.14. The van der Waals surface area contributed by atoms with E-state index >= 15 is 0 Å². The van der Waals surface area contributed by atoms with E-state index in [-0.39, 0.29) is 0 Å². The fourth-order valence-corrected chi connectivity index (χ4v) is 1.13. The monoisotopic (exact) mass is 229 g/mol. The van der Waals surface area contributed by atoms with E-state index in [0.29, 0.717) is 5.92 Å². The van der Waals surface area contributed by atoms with Crippen molar-refractivity contribution >= 4 is 5.96 Å². The third-order valence-corrected chi connectivity index (χ3v) is 2.14. The van der Waals surface area contributed by atoms with Gasteiger partial charge >= 0.3 is 0 Å². The van der Waals surface area contributed by atoms with Crippen molar-refractivity contribution in [3.63, 3.8) is 0 Å². The molecule has 0 rings (SSSR count). The predicted molar refractivity (Wildman–Crippen MR) is 69.9 cm³/mol. The minimum atomic E-state index is 0.715. The highest BCUT2D eigenvalue weighted by atomic mass is 16.5. The molecule has 0 aromatic heterocycles. The Morgan fingerprint density at radius 2 is 1.88 bits per heavy atom. The van der Waals surface area contributed by atoms with Crippen LogP contribution in [0.15, 0.2) is 4.99 Å². The molecule has 4 heteroatoms. The van der Waals surface area contributed by atoms with Crippen LogP contribution in [0.3, 0.4) is 0 Å². The zero-order valence-electron chi connectivity index (χ0n) is 11.2. The number of guanidine groups is 1. The molecule has 0 heterocycles. The summed E-state index contributed by atoms with van der Waals surface area (Å²) in [4.78, 5) is 4.11. The fourth-order valence-electron chi connectivity index (χ4n) is 1.13. The molecule has 0 saturated heterocycles. The highest BCUT2D eigenvalue weighted by Crippen LogP contribution is 1.98. The van der Waals surface area contributed by atoms with Gasteiger partial charge in [-0.05, 0) is 18.8 Å². The summed E-state index contributed by atoms with van der Waals surface area (Å²) in [7, 11) is 1.78. The molecule has 0 aliphatic heterocycles. The summed E-state index contributed by atoms with van der Waals surface area (Å²) in [6.07, 6.45) is 2.23. The number of ether oxygens (including phenoxy) is 1. The van der Waals surface area contributed by atoms with Gasteiger partial charge in [-0.2, -0.15) is 0 Å². The lowest BCUT2D eigenvalue weighted by Gasteiger charge is -2.11. The van der Waals surface area contributed by atoms with E-state index in [0.717, 1.165) is 45.1 Å². The van der Waals surface area contributed by atoms with Crippen LogP contribution in [-0.2, 0) is 4.74 Å². The molecule has 0 saturated carbocycles. The van der Waals surface area contributed by atoms with E-state index in [9.17, 15) is 0 Å². The second-order valence-corrected chi connectivity index (χ2v) is 4.22. The van der Waals surface area contributed by atoms with Crippen molar-refractivity contribution in [3.05, 3.63) is 0 Å². The standard InChI is InChI=1S/C12H27N3O/c1-5-7-14-12(13-4)15-8-10-16-9-6-11(2)3/h11H,5-10H2,1-4H3,(H2,13,14,15). The zero-order chi connectivity index (χ0) is 12.2. The van der Waals surface area contributed by atoms with Crippen LogP contribution in [0.1, 0.15) is 33.6 Å². The van der Waals surface area contributed by atoms with Gasteiger partial charge in [-0.25, -0.2) is 0 Å². The molecule has 0 aliphatic rings. The molecule has 0 aromatic carbocycles. The largest absolute Gasteiger partial charge is 0.380 e. The van der Waals surface area contributed by atoms with Gasteiger partial charge in [-0.1, -0.05) is 20.8 Å². The zero-order valence-corrected chi connectivity index (χ0v) is 11.2. The maximum atomic E-state index is 5.50. The molecule has 4 nitrogen and oxygen atoms in total. The first kappa shape index (κ1) is 15.2. The lowest BCUT2D eigenvalue weighted by molar-refractivity contribution is 0.128. The lowest BCUT2D eigenvalue weighted by atomic mass is 10.1. The number of aliphatic imine (C=N–C) groups is 1. The molecule has 0 unspecified atom stereocenters. The molecule has 96 valence electrons. The van der Waals surface area contributed by atoms with Gasteiger partial charge in [0.15, 0.2) is 5.96 Å². The summed E-state index contributed by atoms with van der Waals surface area (Å²) in [5, 5.41) is 6.42. The van der Waals surface area contributed by atoms with Crippen molar-refractivity contribution in [2.45, 2.75) is 33.6 Å². The molecule has 0 radical (unpaired) electrons. The summed E-state index contributed by atoms with van der Waals surface area (Å²) >= 11 is 0. The summed E-state index contributed by atoms with van der Waals surface area (Å²) in [5.74, 6) is 1.57. The number of nitrogens with zero attached hydrogens (tertiary/aromatic N) is 1. The Morgan fingerprint density at radius 1 is 1.19 bits per heavy atom. The molecule has 0 aromatic rings. The smallest absolute Gasteiger partial charge is 0.191 e. The van der Waals surface area contributed by atoms with E-state index in [1.165, 1.54) is 0 Å². The minimum Gasteiger partial charge on any atom is -0.380 e. The van der Waals surface area contributed by atoms with E-state index < -0.39 is 0 Å². The number of rotatable bonds is 8. The van der Waals surface area contributed by atoms with Crippen molar-refractivity contribution in [2.75, 3.05) is 33.4 Å². The first-order chi connectivity index (χ1) is 7.70. The number of nitrogens with one attached hydrogen (secondary N) is 2. The van der Waals surface area contributed by atoms with Gasteiger partial charge in [0.1, 0.15) is 0 Å². The number of hydrogen-bond donors (Lipinski definition) is 2. The molecule has 16 heavy (non-hydrogen) atoms. The predicted octanol–water partition coefficient (Wildman–Crippen LogP) is 1.62. The maximum Gasteiger partial charge on any atom is 0.191 e. The molecule has 2 N–H and O–H groups in total. The van der Waals surface area contributed by atoms with Crippen LogP contribution in [0.2, 0.25) is 0 Å². The van der Waals surface area contributed by atoms with Gasteiger partial charge < -0.3 is 15.4 Å².